The van der Waals surface area contributed by atoms with Crippen LogP contribution in [0.2, 0.25) is 5.02 Å². The van der Waals surface area contributed by atoms with Crippen LogP contribution in [0.3, 0.4) is 0 Å². The lowest BCUT2D eigenvalue weighted by Crippen LogP contribution is -2.45. The van der Waals surface area contributed by atoms with Gasteiger partial charge in [-0.1, -0.05) is 33.6 Å². The van der Waals surface area contributed by atoms with Gasteiger partial charge in [-0.2, -0.15) is 0 Å². The Morgan fingerprint density at radius 3 is 2.47 bits per heavy atom. The van der Waals surface area contributed by atoms with Crippen molar-refractivity contribution in [2.75, 3.05) is 6.54 Å². The summed E-state index contributed by atoms with van der Waals surface area (Å²) in [6, 6.07) is 5.60. The summed E-state index contributed by atoms with van der Waals surface area (Å²) in [6.07, 6.45) is 0. The molecule has 1 aromatic rings. The average molecular weight is 349 g/mol. The monoisotopic (exact) mass is 347 g/mol. The average Bonchev–Trinajstić information content (AvgIpc) is 2.23. The number of hydrogen-bond acceptors (Lipinski definition) is 2. The summed E-state index contributed by atoms with van der Waals surface area (Å²) in [5.41, 5.74) is 0.676. The Kier molecular flexibility index (Phi) is 5.42. The van der Waals surface area contributed by atoms with E-state index in [1.165, 1.54) is 0 Å². The van der Waals surface area contributed by atoms with Gasteiger partial charge in [0.2, 0.25) is 0 Å². The van der Waals surface area contributed by atoms with Gasteiger partial charge in [-0.3, -0.25) is 9.69 Å². The minimum Gasteiger partial charge on any atom is -0.480 e. The molecule has 0 saturated heterocycles. The van der Waals surface area contributed by atoms with Crippen molar-refractivity contribution in [3.05, 3.63) is 33.3 Å². The third kappa shape index (κ3) is 4.48. The van der Waals surface area contributed by atoms with Gasteiger partial charge in [0.05, 0.1) is 6.54 Å². The van der Waals surface area contributed by atoms with Gasteiger partial charge in [0.15, 0.2) is 0 Å². The predicted molar refractivity (Wildman–Crippen MR) is 81.7 cm³/mol. The summed E-state index contributed by atoms with van der Waals surface area (Å²) in [5, 5.41) is 9.71. The van der Waals surface area contributed by atoms with Crippen LogP contribution < -0.4 is 0 Å². The summed E-state index contributed by atoms with van der Waals surface area (Å²) in [4.78, 5) is 13.0. The van der Waals surface area contributed by atoms with E-state index in [1.807, 2.05) is 50.8 Å². The standard InChI is InChI=1S/C14H19BrClNO2/c1-9(11-6-5-10(15)7-12(11)16)17(8-13(18)19)14(2,3)4/h5-7,9H,8H2,1-4H3,(H,18,19). The van der Waals surface area contributed by atoms with Crippen molar-refractivity contribution in [3.63, 3.8) is 0 Å². The largest absolute Gasteiger partial charge is 0.480 e. The minimum absolute atomic E-state index is 0.0168. The Morgan fingerprint density at radius 2 is 2.05 bits per heavy atom. The Morgan fingerprint density at radius 1 is 1.47 bits per heavy atom. The molecule has 1 atom stereocenters. The first-order valence-corrected chi connectivity index (χ1v) is 7.23. The van der Waals surface area contributed by atoms with Crippen LogP contribution in [0, 0.1) is 0 Å². The summed E-state index contributed by atoms with van der Waals surface area (Å²) in [7, 11) is 0. The van der Waals surface area contributed by atoms with Crippen LogP contribution in [0.5, 0.6) is 0 Å². The van der Waals surface area contributed by atoms with Crippen LogP contribution in [0.25, 0.3) is 0 Å². The van der Waals surface area contributed by atoms with E-state index in [2.05, 4.69) is 15.9 Å². The SMILES string of the molecule is CC(c1ccc(Br)cc1Cl)N(CC(=O)O)C(C)(C)C. The van der Waals surface area contributed by atoms with Crippen LogP contribution in [0.1, 0.15) is 39.3 Å². The van der Waals surface area contributed by atoms with Crippen molar-refractivity contribution in [2.45, 2.75) is 39.3 Å². The minimum atomic E-state index is -0.838. The third-order valence-electron chi connectivity index (χ3n) is 3.05. The smallest absolute Gasteiger partial charge is 0.317 e. The van der Waals surface area contributed by atoms with Gasteiger partial charge in [0, 0.05) is 21.1 Å². The number of aliphatic carboxylic acids is 1. The Labute approximate surface area is 127 Å². The van der Waals surface area contributed by atoms with Crippen LogP contribution in [0.4, 0.5) is 0 Å². The Bertz CT molecular complexity index is 471. The van der Waals surface area contributed by atoms with E-state index >= 15 is 0 Å². The van der Waals surface area contributed by atoms with Gasteiger partial charge in [-0.15, -0.1) is 0 Å². The van der Waals surface area contributed by atoms with Gasteiger partial charge in [0.1, 0.15) is 0 Å². The van der Waals surface area contributed by atoms with Crippen molar-refractivity contribution in [3.8, 4) is 0 Å². The highest BCUT2D eigenvalue weighted by Crippen LogP contribution is 2.33. The summed E-state index contributed by atoms with van der Waals surface area (Å²) in [5.74, 6) is -0.838. The molecule has 106 valence electrons. The van der Waals surface area contributed by atoms with Crippen molar-refractivity contribution in [2.24, 2.45) is 0 Å². The molecule has 19 heavy (non-hydrogen) atoms. The molecule has 5 heteroatoms. The second-order valence-electron chi connectivity index (χ2n) is 5.53. The van der Waals surface area contributed by atoms with E-state index in [9.17, 15) is 4.79 Å². The maximum atomic E-state index is 11.0. The topological polar surface area (TPSA) is 40.5 Å². The van der Waals surface area contributed by atoms with Gasteiger partial charge in [0.25, 0.3) is 0 Å². The van der Waals surface area contributed by atoms with Gasteiger partial charge < -0.3 is 5.11 Å². The van der Waals surface area contributed by atoms with Crippen molar-refractivity contribution in [1.29, 1.82) is 0 Å². The third-order valence-corrected chi connectivity index (χ3v) is 3.87. The number of nitrogens with zero attached hydrogens (tertiary/aromatic N) is 1. The lowest BCUT2D eigenvalue weighted by molar-refractivity contribution is -0.140. The number of halogens is 2. The molecule has 0 saturated carbocycles. The summed E-state index contributed by atoms with van der Waals surface area (Å²) in [6.45, 7) is 7.96. The van der Waals surface area contributed by atoms with E-state index < -0.39 is 5.97 Å². The molecule has 1 aromatic carbocycles. The second-order valence-corrected chi connectivity index (χ2v) is 6.86. The number of hydrogen-bond donors (Lipinski definition) is 1. The van der Waals surface area contributed by atoms with E-state index in [-0.39, 0.29) is 18.1 Å². The summed E-state index contributed by atoms with van der Waals surface area (Å²) >= 11 is 9.62. The number of rotatable bonds is 4. The molecule has 0 bridgehead atoms. The van der Waals surface area contributed by atoms with E-state index in [0.717, 1.165) is 10.0 Å². The maximum Gasteiger partial charge on any atom is 0.317 e. The first kappa shape index (κ1) is 16.5. The normalized spacial score (nSPS) is 13.6. The van der Waals surface area contributed by atoms with E-state index in [1.54, 1.807) is 0 Å². The molecule has 0 aliphatic heterocycles. The molecule has 0 heterocycles. The highest BCUT2D eigenvalue weighted by molar-refractivity contribution is 9.10. The fourth-order valence-corrected chi connectivity index (χ4v) is 2.94. The zero-order chi connectivity index (χ0) is 14.8. The molecular formula is C14H19BrClNO2. The molecule has 0 spiro atoms. The number of benzene rings is 1. The zero-order valence-electron chi connectivity index (χ0n) is 11.6. The van der Waals surface area contributed by atoms with E-state index in [0.29, 0.717) is 5.02 Å². The predicted octanol–water partition coefficient (Wildman–Crippen LogP) is 4.35. The summed E-state index contributed by atoms with van der Waals surface area (Å²) < 4.78 is 0.911. The van der Waals surface area contributed by atoms with Gasteiger partial charge in [-0.05, 0) is 45.4 Å². The molecule has 1 rings (SSSR count). The molecule has 0 aromatic heterocycles. The number of carboxylic acid groups (broad SMARTS) is 1. The first-order chi connectivity index (χ1) is 8.62. The Balaban J connectivity index is 3.11. The van der Waals surface area contributed by atoms with Crippen LogP contribution in [-0.4, -0.2) is 28.1 Å². The van der Waals surface area contributed by atoms with Crippen molar-refractivity contribution < 1.29 is 9.90 Å². The van der Waals surface area contributed by atoms with Gasteiger partial charge in [-0.25, -0.2) is 0 Å². The van der Waals surface area contributed by atoms with Gasteiger partial charge >= 0.3 is 5.97 Å². The molecule has 0 radical (unpaired) electrons. The Hall–Kier alpha value is -0.580. The van der Waals surface area contributed by atoms with Crippen LogP contribution in [-0.2, 0) is 4.79 Å². The molecule has 0 aliphatic rings. The van der Waals surface area contributed by atoms with Crippen LogP contribution in [0.15, 0.2) is 22.7 Å². The maximum absolute atomic E-state index is 11.0. The van der Waals surface area contributed by atoms with Crippen molar-refractivity contribution >= 4 is 33.5 Å². The molecule has 0 aliphatic carbocycles. The molecule has 1 unspecified atom stereocenters. The van der Waals surface area contributed by atoms with Crippen LogP contribution >= 0.6 is 27.5 Å². The lowest BCUT2D eigenvalue weighted by atomic mass is 9.99. The second kappa shape index (κ2) is 6.25. The van der Waals surface area contributed by atoms with E-state index in [4.69, 9.17) is 16.7 Å². The zero-order valence-corrected chi connectivity index (χ0v) is 13.9. The highest BCUT2D eigenvalue weighted by atomic mass is 79.9. The first-order valence-electron chi connectivity index (χ1n) is 6.06. The number of carboxylic acids is 1. The molecule has 0 fully saturated rings. The molecular weight excluding hydrogens is 330 g/mol. The fourth-order valence-electron chi connectivity index (χ4n) is 2.11. The number of carbonyl (C=O) groups is 1. The quantitative estimate of drug-likeness (QED) is 0.879. The fraction of sp³-hybridized carbons (Fsp3) is 0.500. The highest BCUT2D eigenvalue weighted by Gasteiger charge is 2.29. The lowest BCUT2D eigenvalue weighted by Gasteiger charge is -2.39. The molecule has 0 amide bonds. The molecule has 3 nitrogen and oxygen atoms in total. The molecule has 1 N–H and O–H groups in total. The van der Waals surface area contributed by atoms with Crippen molar-refractivity contribution in [1.82, 2.24) is 4.90 Å².